The second-order valence-corrected chi connectivity index (χ2v) is 8.61. The molecule has 3 N–H and O–H groups in total. The first-order chi connectivity index (χ1) is 16.8. The predicted molar refractivity (Wildman–Crippen MR) is 139 cm³/mol. The number of thiocarbonyl (C=S) groups is 1. The lowest BCUT2D eigenvalue weighted by Crippen LogP contribution is -2.45. The van der Waals surface area contributed by atoms with E-state index in [0.29, 0.717) is 49.4 Å². The first kappa shape index (κ1) is 26.3. The smallest absolute Gasteiger partial charge is 0.338 e. The highest BCUT2D eigenvalue weighted by atomic mass is 79.9. The molecule has 186 valence electrons. The molecular weight excluding hydrogens is 538 g/mol. The number of esters is 1. The van der Waals surface area contributed by atoms with Gasteiger partial charge < -0.3 is 34.9 Å². The molecule has 0 unspecified atom stereocenters. The number of carbonyl (C=O) groups is 2. The molecule has 1 heterocycles. The Balaban J connectivity index is 1.83. The van der Waals surface area contributed by atoms with Gasteiger partial charge in [-0.15, -0.1) is 0 Å². The molecule has 3 rings (SSSR count). The van der Waals surface area contributed by atoms with Crippen LogP contribution >= 0.6 is 28.1 Å². The zero-order valence-electron chi connectivity index (χ0n) is 19.7. The lowest BCUT2D eigenvalue weighted by Gasteiger charge is -2.30. The Bertz CT molecular complexity index is 1170. The van der Waals surface area contributed by atoms with E-state index in [-0.39, 0.29) is 19.1 Å². The molecule has 1 aliphatic rings. The number of anilines is 1. The van der Waals surface area contributed by atoms with E-state index in [1.165, 1.54) is 14.2 Å². The fourth-order valence-corrected chi connectivity index (χ4v) is 4.35. The van der Waals surface area contributed by atoms with E-state index in [0.717, 1.165) is 0 Å². The third-order valence-electron chi connectivity index (χ3n) is 5.10. The summed E-state index contributed by atoms with van der Waals surface area (Å²) in [6.07, 6.45) is 0. The molecule has 1 aliphatic heterocycles. The number of carbonyl (C=O) groups excluding carboxylic acids is 2. The Hall–Kier alpha value is -3.31. The van der Waals surface area contributed by atoms with E-state index in [2.05, 4.69) is 31.9 Å². The summed E-state index contributed by atoms with van der Waals surface area (Å²) in [5, 5.41) is 9.21. The lowest BCUT2D eigenvalue weighted by atomic mass is 9.95. The number of allylic oxidation sites excluding steroid dienone is 1. The summed E-state index contributed by atoms with van der Waals surface area (Å²) >= 11 is 8.85. The zero-order valence-corrected chi connectivity index (χ0v) is 22.1. The Morgan fingerprint density at radius 1 is 1.11 bits per heavy atom. The number of hydrogen-bond donors (Lipinski definition) is 3. The van der Waals surface area contributed by atoms with Crippen LogP contribution in [0.4, 0.5) is 5.69 Å². The molecule has 0 radical (unpaired) electrons. The van der Waals surface area contributed by atoms with Crippen LogP contribution in [0.15, 0.2) is 52.1 Å². The molecule has 0 aromatic heterocycles. The average molecular weight is 564 g/mol. The third kappa shape index (κ3) is 6.23. The maximum Gasteiger partial charge on any atom is 0.338 e. The number of rotatable bonds is 9. The highest BCUT2D eigenvalue weighted by molar-refractivity contribution is 9.10. The summed E-state index contributed by atoms with van der Waals surface area (Å²) in [5.74, 6) is 0.425. The number of para-hydroxylation sites is 2. The van der Waals surface area contributed by atoms with Crippen LogP contribution in [0.3, 0.4) is 0 Å². The van der Waals surface area contributed by atoms with Crippen molar-refractivity contribution < 1.29 is 28.5 Å². The normalized spacial score (nSPS) is 15.0. The summed E-state index contributed by atoms with van der Waals surface area (Å²) in [6.45, 7) is 3.48. The van der Waals surface area contributed by atoms with Crippen molar-refractivity contribution in [2.24, 2.45) is 0 Å². The molecule has 0 saturated carbocycles. The lowest BCUT2D eigenvalue weighted by molar-refractivity contribution is -0.139. The number of halogens is 1. The number of methoxy groups -OCH3 is 2. The van der Waals surface area contributed by atoms with Crippen molar-refractivity contribution in [1.82, 2.24) is 10.6 Å². The van der Waals surface area contributed by atoms with Crippen molar-refractivity contribution in [2.75, 3.05) is 32.8 Å². The first-order valence-electron chi connectivity index (χ1n) is 10.7. The van der Waals surface area contributed by atoms with Crippen LogP contribution in [0, 0.1) is 0 Å². The van der Waals surface area contributed by atoms with Crippen LogP contribution in [-0.2, 0) is 14.3 Å². The van der Waals surface area contributed by atoms with Gasteiger partial charge in [0.1, 0.15) is 5.75 Å². The van der Waals surface area contributed by atoms with Gasteiger partial charge >= 0.3 is 5.97 Å². The number of benzene rings is 2. The van der Waals surface area contributed by atoms with Crippen molar-refractivity contribution in [1.29, 1.82) is 0 Å². The minimum atomic E-state index is -0.589. The molecule has 0 aliphatic carbocycles. The van der Waals surface area contributed by atoms with Gasteiger partial charge in [0.25, 0.3) is 5.91 Å². The molecular formula is C24H26BrN3O6S. The van der Waals surface area contributed by atoms with Crippen molar-refractivity contribution in [3.63, 3.8) is 0 Å². The third-order valence-corrected chi connectivity index (χ3v) is 6.00. The van der Waals surface area contributed by atoms with E-state index in [9.17, 15) is 9.59 Å². The quantitative estimate of drug-likeness (QED) is 0.310. The van der Waals surface area contributed by atoms with E-state index in [4.69, 9.17) is 31.2 Å². The van der Waals surface area contributed by atoms with Crippen LogP contribution in [0.25, 0.3) is 0 Å². The standard InChI is InChI=1S/C24H26BrN3O6S/c1-5-33-23(30)21-13(2)26-24(35)28-22(21)14-10-18(32-4)19(11-15(14)25)34-12-20(29)27-16-8-6-7-9-17(16)31-3/h6-11,22H,5,12H2,1-4H3,(H,27,29)(H2,26,28,35)/t22-/m1/s1. The van der Waals surface area contributed by atoms with Crippen molar-refractivity contribution in [3.8, 4) is 17.2 Å². The van der Waals surface area contributed by atoms with Gasteiger partial charge in [-0.25, -0.2) is 4.79 Å². The van der Waals surface area contributed by atoms with Gasteiger partial charge in [0.2, 0.25) is 0 Å². The summed E-state index contributed by atoms with van der Waals surface area (Å²) in [7, 11) is 3.02. The second-order valence-electron chi connectivity index (χ2n) is 7.35. The van der Waals surface area contributed by atoms with Crippen molar-refractivity contribution in [3.05, 3.63) is 57.7 Å². The maximum atomic E-state index is 12.7. The monoisotopic (exact) mass is 563 g/mol. The van der Waals surface area contributed by atoms with Gasteiger partial charge in [0.05, 0.1) is 38.1 Å². The van der Waals surface area contributed by atoms with Gasteiger partial charge in [-0.2, -0.15) is 0 Å². The number of amides is 1. The van der Waals surface area contributed by atoms with Crippen LogP contribution < -0.4 is 30.2 Å². The molecule has 0 spiro atoms. The molecule has 0 fully saturated rings. The minimum Gasteiger partial charge on any atom is -0.495 e. The van der Waals surface area contributed by atoms with Crippen LogP contribution in [0.5, 0.6) is 17.2 Å². The van der Waals surface area contributed by atoms with Crippen LogP contribution in [0.2, 0.25) is 0 Å². The van der Waals surface area contributed by atoms with Gasteiger partial charge in [0.15, 0.2) is 23.2 Å². The summed E-state index contributed by atoms with van der Waals surface area (Å²) in [5.41, 5.74) is 2.21. The zero-order chi connectivity index (χ0) is 25.5. The van der Waals surface area contributed by atoms with E-state index < -0.39 is 12.0 Å². The largest absolute Gasteiger partial charge is 0.495 e. The number of hydrogen-bond acceptors (Lipinski definition) is 7. The summed E-state index contributed by atoms with van der Waals surface area (Å²) < 4.78 is 22.4. The van der Waals surface area contributed by atoms with Crippen LogP contribution in [0.1, 0.15) is 25.5 Å². The van der Waals surface area contributed by atoms with Crippen molar-refractivity contribution in [2.45, 2.75) is 19.9 Å². The molecule has 0 saturated heterocycles. The Morgan fingerprint density at radius 2 is 1.83 bits per heavy atom. The van der Waals surface area contributed by atoms with Crippen molar-refractivity contribution >= 4 is 50.8 Å². The van der Waals surface area contributed by atoms with E-state index in [1.54, 1.807) is 44.2 Å². The van der Waals surface area contributed by atoms with Gasteiger partial charge in [-0.3, -0.25) is 4.79 Å². The number of nitrogens with one attached hydrogen (secondary N) is 3. The fourth-order valence-electron chi connectivity index (χ4n) is 3.53. The molecule has 1 atom stereocenters. The highest BCUT2D eigenvalue weighted by Gasteiger charge is 2.33. The van der Waals surface area contributed by atoms with E-state index in [1.807, 2.05) is 6.07 Å². The van der Waals surface area contributed by atoms with Gasteiger partial charge in [0, 0.05) is 10.2 Å². The fraction of sp³-hybridized carbons (Fsp3) is 0.292. The second kappa shape index (κ2) is 11.9. The SMILES string of the molecule is CCOC(=O)C1=C(C)NC(=S)N[C@@H]1c1cc(OC)c(OCC(=O)Nc2ccccc2OC)cc1Br. The topological polar surface area (TPSA) is 107 Å². The molecule has 2 aromatic rings. The molecule has 0 bridgehead atoms. The van der Waals surface area contributed by atoms with Crippen LogP contribution in [-0.4, -0.2) is 44.4 Å². The Morgan fingerprint density at radius 3 is 2.51 bits per heavy atom. The average Bonchev–Trinajstić information content (AvgIpc) is 2.82. The molecule has 1 amide bonds. The molecule has 11 heteroatoms. The van der Waals surface area contributed by atoms with Gasteiger partial charge in [-0.05, 0) is 55.9 Å². The molecule has 9 nitrogen and oxygen atoms in total. The minimum absolute atomic E-state index is 0.237. The summed E-state index contributed by atoms with van der Waals surface area (Å²) in [6, 6.07) is 9.88. The Labute approximate surface area is 217 Å². The maximum absolute atomic E-state index is 12.7. The predicted octanol–water partition coefficient (Wildman–Crippen LogP) is 3.84. The summed E-state index contributed by atoms with van der Waals surface area (Å²) in [4.78, 5) is 25.1. The molecule has 35 heavy (non-hydrogen) atoms. The number of ether oxygens (including phenoxy) is 4. The van der Waals surface area contributed by atoms with Gasteiger partial charge in [-0.1, -0.05) is 28.1 Å². The first-order valence-corrected chi connectivity index (χ1v) is 11.9. The highest BCUT2D eigenvalue weighted by Crippen LogP contribution is 2.39. The van der Waals surface area contributed by atoms with E-state index >= 15 is 0 Å². The molecule has 2 aromatic carbocycles. The Kier molecular flexibility index (Phi) is 8.94.